The average molecular weight is 413 g/mol. The molecule has 0 saturated heterocycles. The molecule has 0 radical (unpaired) electrons. The number of nitrogens with zero attached hydrogens (tertiary/aromatic N) is 3. The smallest absolute Gasteiger partial charge is 0.159 e. The highest BCUT2D eigenvalue weighted by molar-refractivity contribution is 6.36. The number of rotatable bonds is 4. The van der Waals surface area contributed by atoms with E-state index >= 15 is 0 Å². The van der Waals surface area contributed by atoms with E-state index in [1.54, 1.807) is 25.4 Å². The van der Waals surface area contributed by atoms with Gasteiger partial charge in [-0.2, -0.15) is 0 Å². The molecule has 0 bridgehead atoms. The van der Waals surface area contributed by atoms with Crippen molar-refractivity contribution in [2.75, 3.05) is 7.11 Å². The Balaban J connectivity index is 1.92. The van der Waals surface area contributed by atoms with Gasteiger partial charge < -0.3 is 15.0 Å². The Labute approximate surface area is 172 Å². The summed E-state index contributed by atoms with van der Waals surface area (Å²) in [5.74, 6) is 1.34. The lowest BCUT2D eigenvalue weighted by Gasteiger charge is -2.12. The predicted octanol–water partition coefficient (Wildman–Crippen LogP) is 5.08. The normalized spacial score (nSPS) is 11.2. The molecule has 0 aliphatic heterocycles. The van der Waals surface area contributed by atoms with Crippen LogP contribution in [0.5, 0.6) is 5.75 Å². The molecule has 0 saturated carbocycles. The Morgan fingerprint density at radius 3 is 2.68 bits per heavy atom. The third-order valence-electron chi connectivity index (χ3n) is 4.71. The Morgan fingerprint density at radius 2 is 1.96 bits per heavy atom. The van der Waals surface area contributed by atoms with Crippen LogP contribution < -0.4 is 10.5 Å². The molecular weight excluding hydrogens is 395 g/mol. The second kappa shape index (κ2) is 7.43. The number of nitrogens with two attached hydrogens (primary N) is 1. The molecule has 0 fully saturated rings. The minimum Gasteiger partial charge on any atom is -0.496 e. The quantitative estimate of drug-likeness (QED) is 0.507. The zero-order valence-electron chi connectivity index (χ0n) is 15.4. The minimum atomic E-state index is 0.300. The molecule has 2 N–H and O–H groups in total. The fraction of sp³-hybridized carbons (Fsp3) is 0.143. The molecule has 2 aromatic heterocycles. The fourth-order valence-electron chi connectivity index (χ4n) is 3.25. The summed E-state index contributed by atoms with van der Waals surface area (Å²) in [5.41, 5.74) is 10.1. The molecular formula is C21H18Cl2N4O. The second-order valence-electron chi connectivity index (χ2n) is 6.43. The number of aromatic nitrogens is 3. The second-order valence-corrected chi connectivity index (χ2v) is 7.28. The molecule has 28 heavy (non-hydrogen) atoms. The van der Waals surface area contributed by atoms with Gasteiger partial charge >= 0.3 is 0 Å². The molecule has 4 rings (SSSR count). The molecule has 0 unspecified atom stereocenters. The first kappa shape index (κ1) is 18.7. The summed E-state index contributed by atoms with van der Waals surface area (Å²) in [4.78, 5) is 9.31. The molecule has 0 aliphatic rings. The lowest BCUT2D eigenvalue weighted by atomic mass is 10.1. The first-order valence-corrected chi connectivity index (χ1v) is 9.42. The van der Waals surface area contributed by atoms with Gasteiger partial charge in [-0.15, -0.1) is 0 Å². The summed E-state index contributed by atoms with van der Waals surface area (Å²) >= 11 is 12.5. The topological polar surface area (TPSA) is 66.0 Å². The van der Waals surface area contributed by atoms with Crippen LogP contribution >= 0.6 is 23.2 Å². The lowest BCUT2D eigenvalue weighted by molar-refractivity contribution is 0.420. The van der Waals surface area contributed by atoms with Crippen molar-refractivity contribution in [3.05, 3.63) is 64.4 Å². The van der Waals surface area contributed by atoms with Crippen molar-refractivity contribution in [3.8, 4) is 28.4 Å². The molecule has 4 aromatic rings. The number of fused-ring (bicyclic) bond motifs is 1. The number of aryl methyl sites for hydroxylation is 1. The van der Waals surface area contributed by atoms with Gasteiger partial charge in [-0.3, -0.25) is 0 Å². The van der Waals surface area contributed by atoms with Crippen LogP contribution in [0.2, 0.25) is 10.0 Å². The Morgan fingerprint density at radius 1 is 1.14 bits per heavy atom. The summed E-state index contributed by atoms with van der Waals surface area (Å²) in [7, 11) is 3.64. The van der Waals surface area contributed by atoms with Crippen molar-refractivity contribution < 1.29 is 4.74 Å². The fourth-order valence-corrected chi connectivity index (χ4v) is 3.74. The van der Waals surface area contributed by atoms with E-state index < -0.39 is 0 Å². The molecule has 0 spiro atoms. The summed E-state index contributed by atoms with van der Waals surface area (Å²) in [6.07, 6.45) is 3.73. The summed E-state index contributed by atoms with van der Waals surface area (Å²) in [5, 5.41) is 2.12. The maximum atomic E-state index is 6.41. The summed E-state index contributed by atoms with van der Waals surface area (Å²) in [6, 6.07) is 11.3. The highest BCUT2D eigenvalue weighted by Gasteiger charge is 2.15. The maximum absolute atomic E-state index is 6.41. The van der Waals surface area contributed by atoms with Crippen molar-refractivity contribution >= 4 is 34.1 Å². The van der Waals surface area contributed by atoms with E-state index in [-0.39, 0.29) is 0 Å². The van der Waals surface area contributed by atoms with Crippen molar-refractivity contribution in [1.82, 2.24) is 14.5 Å². The van der Waals surface area contributed by atoms with E-state index in [0.29, 0.717) is 28.1 Å². The minimum absolute atomic E-state index is 0.300. The number of methoxy groups -OCH3 is 1. The van der Waals surface area contributed by atoms with Gasteiger partial charge in [0.2, 0.25) is 0 Å². The van der Waals surface area contributed by atoms with Crippen LogP contribution in [-0.4, -0.2) is 21.6 Å². The number of ether oxygens (including phenoxy) is 1. The van der Waals surface area contributed by atoms with Crippen molar-refractivity contribution in [2.24, 2.45) is 12.8 Å². The van der Waals surface area contributed by atoms with Crippen LogP contribution in [0.25, 0.3) is 33.5 Å². The number of hydrogen-bond donors (Lipinski definition) is 1. The number of halogens is 2. The third kappa shape index (κ3) is 3.22. The highest BCUT2D eigenvalue weighted by Crippen LogP contribution is 2.35. The molecule has 5 nitrogen and oxygen atoms in total. The van der Waals surface area contributed by atoms with Gasteiger partial charge in [0.25, 0.3) is 0 Å². The Hall–Kier alpha value is -2.60. The van der Waals surface area contributed by atoms with Gasteiger partial charge in [0.15, 0.2) is 5.82 Å². The number of hydrogen-bond acceptors (Lipinski definition) is 4. The molecule has 7 heteroatoms. The highest BCUT2D eigenvalue weighted by atomic mass is 35.5. The molecule has 2 heterocycles. The van der Waals surface area contributed by atoms with Crippen LogP contribution in [-0.2, 0) is 13.6 Å². The first-order valence-electron chi connectivity index (χ1n) is 8.66. The van der Waals surface area contributed by atoms with Crippen molar-refractivity contribution in [2.45, 2.75) is 6.54 Å². The summed E-state index contributed by atoms with van der Waals surface area (Å²) < 4.78 is 7.60. The molecule has 0 atom stereocenters. The van der Waals surface area contributed by atoms with Crippen LogP contribution in [0.4, 0.5) is 0 Å². The number of benzene rings is 2. The Bertz CT molecular complexity index is 1190. The third-order valence-corrected chi connectivity index (χ3v) is 5.26. The SMILES string of the molecule is COc1cc(-c2ncc(CN)c(-c3ccc(Cl)cc3Cl)n2)cc2c1ccn2C. The van der Waals surface area contributed by atoms with E-state index in [1.807, 2.05) is 42.1 Å². The largest absolute Gasteiger partial charge is 0.496 e. The maximum Gasteiger partial charge on any atom is 0.159 e. The van der Waals surface area contributed by atoms with E-state index in [1.165, 1.54) is 0 Å². The van der Waals surface area contributed by atoms with E-state index in [2.05, 4.69) is 4.98 Å². The monoisotopic (exact) mass is 412 g/mol. The van der Waals surface area contributed by atoms with Gasteiger partial charge in [0.05, 0.1) is 23.3 Å². The zero-order valence-corrected chi connectivity index (χ0v) is 16.9. The van der Waals surface area contributed by atoms with Crippen LogP contribution in [0.1, 0.15) is 5.56 Å². The van der Waals surface area contributed by atoms with Gasteiger partial charge in [-0.05, 0) is 36.4 Å². The average Bonchev–Trinajstić information content (AvgIpc) is 3.08. The predicted molar refractivity (Wildman–Crippen MR) is 114 cm³/mol. The van der Waals surface area contributed by atoms with E-state index in [9.17, 15) is 0 Å². The van der Waals surface area contributed by atoms with E-state index in [0.717, 1.165) is 33.3 Å². The lowest BCUT2D eigenvalue weighted by Crippen LogP contribution is -2.04. The van der Waals surface area contributed by atoms with Crippen molar-refractivity contribution in [3.63, 3.8) is 0 Å². The van der Waals surface area contributed by atoms with Gasteiger partial charge in [-0.25, -0.2) is 9.97 Å². The molecule has 142 valence electrons. The van der Waals surface area contributed by atoms with Crippen molar-refractivity contribution in [1.29, 1.82) is 0 Å². The zero-order chi connectivity index (χ0) is 19.8. The van der Waals surface area contributed by atoms with E-state index in [4.69, 9.17) is 38.7 Å². The Kier molecular flexibility index (Phi) is 4.98. The van der Waals surface area contributed by atoms with Gasteiger partial charge in [0.1, 0.15) is 5.75 Å². The first-order chi connectivity index (χ1) is 13.5. The van der Waals surface area contributed by atoms with Crippen LogP contribution in [0.3, 0.4) is 0 Å². The standard InChI is InChI=1S/C21H18Cl2N4O/c1-27-6-5-16-18(27)7-12(8-19(16)28-2)21-25-11-13(10-24)20(26-21)15-4-3-14(22)9-17(15)23/h3-9,11H,10,24H2,1-2H3. The summed E-state index contributed by atoms with van der Waals surface area (Å²) in [6.45, 7) is 0.300. The molecule has 2 aromatic carbocycles. The molecule has 0 aliphatic carbocycles. The van der Waals surface area contributed by atoms with Gasteiger partial charge in [-0.1, -0.05) is 23.2 Å². The van der Waals surface area contributed by atoms with Gasteiger partial charge in [0, 0.05) is 53.1 Å². The van der Waals surface area contributed by atoms with Crippen LogP contribution in [0.15, 0.2) is 48.8 Å². The van der Waals surface area contributed by atoms with Crippen LogP contribution in [0, 0.1) is 0 Å². The molecule has 0 amide bonds.